The highest BCUT2D eigenvalue weighted by molar-refractivity contribution is 5.39. The van der Waals surface area contributed by atoms with Crippen molar-refractivity contribution in [2.45, 2.75) is 46.3 Å². The first-order chi connectivity index (χ1) is 8.29. The van der Waals surface area contributed by atoms with E-state index in [-0.39, 0.29) is 5.41 Å². The topological polar surface area (TPSA) is 64.2 Å². The maximum absolute atomic E-state index is 9.91. The lowest BCUT2D eigenvalue weighted by Crippen LogP contribution is -2.38. The van der Waals surface area contributed by atoms with Crippen molar-refractivity contribution in [3.63, 3.8) is 0 Å². The second-order valence-electron chi connectivity index (χ2n) is 5.55. The predicted octanol–water partition coefficient (Wildman–Crippen LogP) is 2.48. The van der Waals surface area contributed by atoms with Gasteiger partial charge in [-0.15, -0.1) is 0 Å². The van der Waals surface area contributed by atoms with Crippen LogP contribution in [0.3, 0.4) is 0 Å². The van der Waals surface area contributed by atoms with Gasteiger partial charge in [0.05, 0.1) is 12.2 Å². The summed E-state index contributed by atoms with van der Waals surface area (Å²) in [6, 6.07) is 1.98. The van der Waals surface area contributed by atoms with E-state index < -0.39 is 12.2 Å². The van der Waals surface area contributed by atoms with Gasteiger partial charge in [0.1, 0.15) is 6.10 Å². The Bertz CT molecular complexity index is 450. The van der Waals surface area contributed by atoms with E-state index >= 15 is 0 Å². The first kappa shape index (κ1) is 14.7. The van der Waals surface area contributed by atoms with Gasteiger partial charge in [-0.25, -0.2) is 0 Å². The molecule has 0 saturated heterocycles. The summed E-state index contributed by atoms with van der Waals surface area (Å²) in [6.45, 7) is 7.80. The second-order valence-corrected chi connectivity index (χ2v) is 5.55. The average Bonchev–Trinajstić information content (AvgIpc) is 2.25. The van der Waals surface area contributed by atoms with Gasteiger partial charge in [-0.3, -0.25) is 0 Å². The molecule has 1 rings (SSSR count). The van der Waals surface area contributed by atoms with Gasteiger partial charge in [-0.2, -0.15) is 5.26 Å². The molecule has 3 heteroatoms. The third-order valence-electron chi connectivity index (χ3n) is 3.49. The lowest BCUT2D eigenvalue weighted by molar-refractivity contribution is 0.00686. The number of aliphatic hydroxyl groups is 2. The van der Waals surface area contributed by atoms with E-state index in [9.17, 15) is 10.2 Å². The quantitative estimate of drug-likeness (QED) is 0.582. The van der Waals surface area contributed by atoms with Gasteiger partial charge in [-0.05, 0) is 42.4 Å². The summed E-state index contributed by atoms with van der Waals surface area (Å²) in [5.74, 6) is 0. The highest BCUT2D eigenvalue weighted by Gasteiger charge is 2.36. The molecule has 1 aliphatic carbocycles. The van der Waals surface area contributed by atoms with Crippen LogP contribution in [-0.2, 0) is 0 Å². The molecule has 1 aliphatic rings. The SMILES string of the molecule is CC1=C(/C=C/C(C)=C/C#N)C(C)(C)C[C@H](O)[C@@H]1O. The largest absolute Gasteiger partial charge is 0.390 e. The minimum Gasteiger partial charge on any atom is -0.390 e. The van der Waals surface area contributed by atoms with Crippen molar-refractivity contribution in [2.24, 2.45) is 5.41 Å². The zero-order chi connectivity index (χ0) is 13.9. The predicted molar refractivity (Wildman–Crippen MR) is 71.6 cm³/mol. The van der Waals surface area contributed by atoms with Crippen molar-refractivity contribution in [1.29, 1.82) is 5.26 Å². The first-order valence-electron chi connectivity index (χ1n) is 6.11. The van der Waals surface area contributed by atoms with Gasteiger partial charge >= 0.3 is 0 Å². The van der Waals surface area contributed by atoms with Gasteiger partial charge in [0.2, 0.25) is 0 Å². The molecule has 0 radical (unpaired) electrons. The summed E-state index contributed by atoms with van der Waals surface area (Å²) in [7, 11) is 0. The Balaban J connectivity index is 3.12. The molecule has 0 aromatic rings. The highest BCUT2D eigenvalue weighted by Crippen LogP contribution is 2.41. The van der Waals surface area contributed by atoms with Crippen LogP contribution in [0.5, 0.6) is 0 Å². The number of nitrogens with zero attached hydrogens (tertiary/aromatic N) is 1. The van der Waals surface area contributed by atoms with E-state index in [0.29, 0.717) is 6.42 Å². The van der Waals surface area contributed by atoms with Crippen LogP contribution in [-0.4, -0.2) is 22.4 Å². The fraction of sp³-hybridized carbons (Fsp3) is 0.533. The summed E-state index contributed by atoms with van der Waals surface area (Å²) in [5, 5.41) is 28.3. The normalized spacial score (nSPS) is 28.6. The lowest BCUT2D eigenvalue weighted by atomic mass is 9.70. The molecule has 3 nitrogen and oxygen atoms in total. The Morgan fingerprint density at radius 2 is 2.06 bits per heavy atom. The van der Waals surface area contributed by atoms with Crippen LogP contribution in [0, 0.1) is 16.7 Å². The second kappa shape index (κ2) is 5.51. The minimum absolute atomic E-state index is 0.174. The van der Waals surface area contributed by atoms with Crippen LogP contribution < -0.4 is 0 Å². The third kappa shape index (κ3) is 3.10. The van der Waals surface area contributed by atoms with Crippen LogP contribution in [0.2, 0.25) is 0 Å². The van der Waals surface area contributed by atoms with E-state index in [4.69, 9.17) is 5.26 Å². The highest BCUT2D eigenvalue weighted by atomic mass is 16.3. The Morgan fingerprint density at radius 1 is 1.44 bits per heavy atom. The number of hydrogen-bond donors (Lipinski definition) is 2. The van der Waals surface area contributed by atoms with Gasteiger partial charge in [-0.1, -0.05) is 26.0 Å². The fourth-order valence-electron chi connectivity index (χ4n) is 2.45. The summed E-state index contributed by atoms with van der Waals surface area (Å²) >= 11 is 0. The van der Waals surface area contributed by atoms with E-state index in [2.05, 4.69) is 13.8 Å². The van der Waals surface area contributed by atoms with Crippen LogP contribution in [0.25, 0.3) is 0 Å². The molecule has 0 unspecified atom stereocenters. The Labute approximate surface area is 109 Å². The Kier molecular flexibility index (Phi) is 4.50. The molecular formula is C15H21NO2. The molecule has 0 bridgehead atoms. The molecule has 2 N–H and O–H groups in total. The zero-order valence-electron chi connectivity index (χ0n) is 11.4. The van der Waals surface area contributed by atoms with E-state index in [1.807, 2.05) is 32.1 Å². The molecule has 2 atom stereocenters. The van der Waals surface area contributed by atoms with Crippen LogP contribution in [0.1, 0.15) is 34.1 Å². The molecular weight excluding hydrogens is 226 g/mol. The molecule has 98 valence electrons. The third-order valence-corrected chi connectivity index (χ3v) is 3.49. The molecule has 18 heavy (non-hydrogen) atoms. The van der Waals surface area contributed by atoms with Crippen LogP contribution in [0.15, 0.2) is 34.9 Å². The summed E-state index contributed by atoms with van der Waals surface area (Å²) in [5.41, 5.74) is 2.53. The molecule has 0 fully saturated rings. The maximum atomic E-state index is 9.91. The maximum Gasteiger partial charge on any atom is 0.101 e. The number of allylic oxidation sites excluding steroid dienone is 5. The van der Waals surface area contributed by atoms with E-state index in [1.165, 1.54) is 6.08 Å². The minimum atomic E-state index is -0.794. The monoisotopic (exact) mass is 247 g/mol. The number of hydrogen-bond acceptors (Lipinski definition) is 3. The first-order valence-corrected chi connectivity index (χ1v) is 6.11. The lowest BCUT2D eigenvalue weighted by Gasteiger charge is -2.38. The molecule has 0 saturated carbocycles. The van der Waals surface area contributed by atoms with Crippen molar-refractivity contribution in [2.75, 3.05) is 0 Å². The molecule has 0 heterocycles. The Morgan fingerprint density at radius 3 is 2.61 bits per heavy atom. The summed E-state index contributed by atoms with van der Waals surface area (Å²) in [4.78, 5) is 0. The molecule has 0 spiro atoms. The average molecular weight is 247 g/mol. The number of rotatable bonds is 2. The van der Waals surface area contributed by atoms with Crippen molar-refractivity contribution in [3.8, 4) is 6.07 Å². The summed E-state index contributed by atoms with van der Waals surface area (Å²) in [6.07, 6.45) is 4.33. The van der Waals surface area contributed by atoms with Crippen molar-refractivity contribution in [1.82, 2.24) is 0 Å². The van der Waals surface area contributed by atoms with Crippen LogP contribution in [0.4, 0.5) is 0 Å². The molecule has 0 aromatic carbocycles. The molecule has 0 amide bonds. The van der Waals surface area contributed by atoms with E-state index in [0.717, 1.165) is 16.7 Å². The van der Waals surface area contributed by atoms with Gasteiger partial charge < -0.3 is 10.2 Å². The van der Waals surface area contributed by atoms with Crippen molar-refractivity contribution in [3.05, 3.63) is 34.9 Å². The van der Waals surface area contributed by atoms with Crippen LogP contribution >= 0.6 is 0 Å². The van der Waals surface area contributed by atoms with Gasteiger partial charge in [0, 0.05) is 6.08 Å². The number of aliphatic hydroxyl groups excluding tert-OH is 2. The summed E-state index contributed by atoms with van der Waals surface area (Å²) < 4.78 is 0. The number of nitriles is 1. The standard InChI is InChI=1S/C15H21NO2/c1-10(7-8-16)5-6-12-11(2)14(18)13(17)9-15(12,3)4/h5-7,13-14,17-18H,9H2,1-4H3/b6-5+,10-7+/t13-,14+/m0/s1. The molecule has 0 aromatic heterocycles. The zero-order valence-corrected chi connectivity index (χ0v) is 11.4. The Hall–Kier alpha value is -1.37. The molecule has 0 aliphatic heterocycles. The van der Waals surface area contributed by atoms with Crippen molar-refractivity contribution >= 4 is 0 Å². The smallest absolute Gasteiger partial charge is 0.101 e. The van der Waals surface area contributed by atoms with Gasteiger partial charge in [0.15, 0.2) is 0 Å². The fourth-order valence-corrected chi connectivity index (χ4v) is 2.45. The van der Waals surface area contributed by atoms with E-state index in [1.54, 1.807) is 0 Å². The van der Waals surface area contributed by atoms with Gasteiger partial charge in [0.25, 0.3) is 0 Å². The van der Waals surface area contributed by atoms with Crippen molar-refractivity contribution < 1.29 is 10.2 Å².